The molecule has 0 fully saturated rings. The van der Waals surface area contributed by atoms with Crippen molar-refractivity contribution in [3.63, 3.8) is 0 Å². The van der Waals surface area contributed by atoms with E-state index >= 15 is 0 Å². The zero-order valence-corrected chi connectivity index (χ0v) is 10.7. The van der Waals surface area contributed by atoms with Crippen LogP contribution in [0.3, 0.4) is 0 Å². The first-order valence-electron chi connectivity index (χ1n) is 5.80. The Morgan fingerprint density at radius 3 is 2.75 bits per heavy atom. The summed E-state index contributed by atoms with van der Waals surface area (Å²) in [5.74, 6) is 0. The highest BCUT2D eigenvalue weighted by atomic mass is 16.5. The molecule has 2 unspecified atom stereocenters. The van der Waals surface area contributed by atoms with E-state index in [0.717, 1.165) is 19.3 Å². The van der Waals surface area contributed by atoms with Crippen LogP contribution in [0.15, 0.2) is 12.4 Å². The second-order valence-electron chi connectivity index (χ2n) is 4.54. The third kappa shape index (κ3) is 3.06. The van der Waals surface area contributed by atoms with Crippen LogP contribution in [-0.4, -0.2) is 28.5 Å². The molecule has 2 N–H and O–H groups in total. The summed E-state index contributed by atoms with van der Waals surface area (Å²) in [6.45, 7) is 4.17. The summed E-state index contributed by atoms with van der Waals surface area (Å²) >= 11 is 0. The van der Waals surface area contributed by atoms with E-state index in [1.165, 1.54) is 5.56 Å². The number of aromatic nitrogens is 2. The standard InChI is InChI=1S/C12H23N3O/c1-5-12(2,16-4)11(13)7-6-10-8-14-15(3)9-10/h8-9,11H,5-7,13H2,1-4H3. The van der Waals surface area contributed by atoms with Gasteiger partial charge in [0.1, 0.15) is 0 Å². The van der Waals surface area contributed by atoms with Crippen molar-refractivity contribution in [2.75, 3.05) is 7.11 Å². The van der Waals surface area contributed by atoms with Gasteiger partial charge in [0.25, 0.3) is 0 Å². The molecule has 1 heterocycles. The smallest absolute Gasteiger partial charge is 0.0798 e. The van der Waals surface area contributed by atoms with Gasteiger partial charge in [-0.25, -0.2) is 0 Å². The van der Waals surface area contributed by atoms with E-state index in [9.17, 15) is 0 Å². The van der Waals surface area contributed by atoms with Crippen molar-refractivity contribution in [3.8, 4) is 0 Å². The Labute approximate surface area is 97.8 Å². The fourth-order valence-electron chi connectivity index (χ4n) is 1.79. The first-order chi connectivity index (χ1) is 7.51. The molecule has 0 aliphatic heterocycles. The minimum Gasteiger partial charge on any atom is -0.377 e. The Hall–Kier alpha value is -0.870. The largest absolute Gasteiger partial charge is 0.377 e. The zero-order chi connectivity index (χ0) is 12.2. The van der Waals surface area contributed by atoms with Crippen LogP contribution in [0.2, 0.25) is 0 Å². The minimum absolute atomic E-state index is 0.0581. The fraction of sp³-hybridized carbons (Fsp3) is 0.750. The summed E-state index contributed by atoms with van der Waals surface area (Å²) in [5, 5.41) is 4.14. The third-order valence-corrected chi connectivity index (χ3v) is 3.46. The van der Waals surface area contributed by atoms with Gasteiger partial charge >= 0.3 is 0 Å². The molecule has 1 rings (SSSR count). The van der Waals surface area contributed by atoms with Crippen LogP contribution in [0.25, 0.3) is 0 Å². The maximum Gasteiger partial charge on any atom is 0.0798 e. The highest BCUT2D eigenvalue weighted by molar-refractivity contribution is 5.04. The quantitative estimate of drug-likeness (QED) is 0.798. The minimum atomic E-state index is -0.220. The maximum absolute atomic E-state index is 6.18. The predicted molar refractivity (Wildman–Crippen MR) is 65.2 cm³/mol. The summed E-state index contributed by atoms with van der Waals surface area (Å²) in [6, 6.07) is 0.0581. The number of hydrogen-bond acceptors (Lipinski definition) is 3. The van der Waals surface area contributed by atoms with E-state index in [-0.39, 0.29) is 11.6 Å². The van der Waals surface area contributed by atoms with Gasteiger partial charge in [-0.2, -0.15) is 5.10 Å². The Morgan fingerprint density at radius 1 is 1.62 bits per heavy atom. The molecule has 0 saturated carbocycles. The van der Waals surface area contributed by atoms with Gasteiger partial charge in [-0.05, 0) is 31.7 Å². The lowest BCUT2D eigenvalue weighted by Crippen LogP contribution is -2.46. The first kappa shape index (κ1) is 13.2. The van der Waals surface area contributed by atoms with Crippen molar-refractivity contribution < 1.29 is 4.74 Å². The first-order valence-corrected chi connectivity index (χ1v) is 5.80. The Kier molecular flexibility index (Phi) is 4.50. The molecule has 1 aromatic rings. The Balaban J connectivity index is 2.49. The molecule has 0 aromatic carbocycles. The van der Waals surface area contributed by atoms with Crippen LogP contribution >= 0.6 is 0 Å². The van der Waals surface area contributed by atoms with Crippen molar-refractivity contribution >= 4 is 0 Å². The van der Waals surface area contributed by atoms with E-state index in [2.05, 4.69) is 18.9 Å². The van der Waals surface area contributed by atoms with Gasteiger partial charge in [0.15, 0.2) is 0 Å². The molecule has 0 aliphatic carbocycles. The number of nitrogens with zero attached hydrogens (tertiary/aromatic N) is 2. The van der Waals surface area contributed by atoms with E-state index < -0.39 is 0 Å². The number of methoxy groups -OCH3 is 1. The summed E-state index contributed by atoms with van der Waals surface area (Å²) in [7, 11) is 3.65. The molecular formula is C12H23N3O. The highest BCUT2D eigenvalue weighted by Crippen LogP contribution is 2.21. The van der Waals surface area contributed by atoms with Gasteiger partial charge < -0.3 is 10.5 Å². The lowest BCUT2D eigenvalue weighted by Gasteiger charge is -2.33. The van der Waals surface area contributed by atoms with Crippen molar-refractivity contribution in [1.82, 2.24) is 9.78 Å². The predicted octanol–water partition coefficient (Wildman–Crippen LogP) is 1.50. The number of hydrogen-bond donors (Lipinski definition) is 1. The molecule has 4 nitrogen and oxygen atoms in total. The Bertz CT molecular complexity index is 318. The molecule has 0 aliphatic rings. The molecule has 1 aromatic heterocycles. The maximum atomic E-state index is 6.18. The van der Waals surface area contributed by atoms with E-state index in [0.29, 0.717) is 0 Å². The summed E-state index contributed by atoms with van der Waals surface area (Å²) in [5.41, 5.74) is 7.18. The average Bonchev–Trinajstić information content (AvgIpc) is 2.70. The monoisotopic (exact) mass is 225 g/mol. The lowest BCUT2D eigenvalue weighted by atomic mass is 9.90. The van der Waals surface area contributed by atoms with Crippen LogP contribution in [0.4, 0.5) is 0 Å². The second-order valence-corrected chi connectivity index (χ2v) is 4.54. The van der Waals surface area contributed by atoms with Crippen LogP contribution in [-0.2, 0) is 18.2 Å². The summed E-state index contributed by atoms with van der Waals surface area (Å²) in [6.07, 6.45) is 6.72. The molecule has 16 heavy (non-hydrogen) atoms. The van der Waals surface area contributed by atoms with Crippen molar-refractivity contribution in [3.05, 3.63) is 18.0 Å². The van der Waals surface area contributed by atoms with Gasteiger partial charge in [-0.1, -0.05) is 6.92 Å². The molecule has 0 spiro atoms. The molecule has 2 atom stereocenters. The second kappa shape index (κ2) is 5.46. The number of rotatable bonds is 6. The summed E-state index contributed by atoms with van der Waals surface area (Å²) < 4.78 is 7.31. The van der Waals surface area contributed by atoms with Gasteiger partial charge in [0, 0.05) is 26.4 Å². The molecule has 4 heteroatoms. The van der Waals surface area contributed by atoms with Crippen LogP contribution < -0.4 is 5.73 Å². The highest BCUT2D eigenvalue weighted by Gasteiger charge is 2.29. The van der Waals surface area contributed by atoms with E-state index in [1.807, 2.05) is 24.1 Å². The number of nitrogens with two attached hydrogens (primary N) is 1. The number of ether oxygens (including phenoxy) is 1. The molecule has 0 amide bonds. The van der Waals surface area contributed by atoms with E-state index in [4.69, 9.17) is 10.5 Å². The van der Waals surface area contributed by atoms with Crippen molar-refractivity contribution in [1.29, 1.82) is 0 Å². The molecule has 0 radical (unpaired) electrons. The molecule has 92 valence electrons. The fourth-order valence-corrected chi connectivity index (χ4v) is 1.79. The SMILES string of the molecule is CCC(C)(OC)C(N)CCc1cnn(C)c1. The molecular weight excluding hydrogens is 202 g/mol. The van der Waals surface area contributed by atoms with Crippen LogP contribution in [0.5, 0.6) is 0 Å². The van der Waals surface area contributed by atoms with Crippen molar-refractivity contribution in [2.24, 2.45) is 12.8 Å². The van der Waals surface area contributed by atoms with Gasteiger partial charge in [-0.3, -0.25) is 4.68 Å². The van der Waals surface area contributed by atoms with Crippen LogP contribution in [0.1, 0.15) is 32.3 Å². The normalized spacial score (nSPS) is 17.1. The average molecular weight is 225 g/mol. The number of aryl methyl sites for hydroxylation is 2. The molecule has 0 saturated heterocycles. The van der Waals surface area contributed by atoms with Gasteiger partial charge in [0.05, 0.1) is 11.8 Å². The third-order valence-electron chi connectivity index (χ3n) is 3.46. The molecule has 0 bridgehead atoms. The lowest BCUT2D eigenvalue weighted by molar-refractivity contribution is -0.0204. The van der Waals surface area contributed by atoms with Crippen LogP contribution in [0, 0.1) is 0 Å². The van der Waals surface area contributed by atoms with Gasteiger partial charge in [-0.15, -0.1) is 0 Å². The van der Waals surface area contributed by atoms with Gasteiger partial charge in [0.2, 0.25) is 0 Å². The summed E-state index contributed by atoms with van der Waals surface area (Å²) in [4.78, 5) is 0. The zero-order valence-electron chi connectivity index (χ0n) is 10.7. The van der Waals surface area contributed by atoms with Crippen molar-refractivity contribution in [2.45, 2.75) is 44.8 Å². The van der Waals surface area contributed by atoms with E-state index in [1.54, 1.807) is 7.11 Å². The topological polar surface area (TPSA) is 53.1 Å². The Morgan fingerprint density at radius 2 is 2.31 bits per heavy atom.